The van der Waals surface area contributed by atoms with E-state index >= 15 is 0 Å². The predicted molar refractivity (Wildman–Crippen MR) is 115 cm³/mol. The van der Waals surface area contributed by atoms with Crippen molar-refractivity contribution in [3.8, 4) is 11.5 Å². The maximum Gasteiger partial charge on any atom is 0.344 e. The molecule has 0 saturated heterocycles. The topological polar surface area (TPSA) is 82.1 Å². The van der Waals surface area contributed by atoms with Gasteiger partial charge in [0, 0.05) is 7.05 Å². The molecule has 1 heterocycles. The van der Waals surface area contributed by atoms with Crippen LogP contribution in [-0.2, 0) is 26.2 Å². The summed E-state index contributed by atoms with van der Waals surface area (Å²) in [5.41, 5.74) is 1.29. The average molecular weight is 448 g/mol. The number of anilines is 1. The Balaban J connectivity index is 1.52. The number of methoxy groups -OCH3 is 1. The van der Waals surface area contributed by atoms with Crippen molar-refractivity contribution in [2.45, 2.75) is 10.8 Å². The number of hydrogen-bond donors (Lipinski definition) is 0. The number of carbonyl (C=O) groups excluding carboxylic acids is 1. The molecule has 0 atom stereocenters. The summed E-state index contributed by atoms with van der Waals surface area (Å²) < 4.78 is 42.3. The van der Waals surface area contributed by atoms with E-state index in [1.54, 1.807) is 61.0 Å². The van der Waals surface area contributed by atoms with Crippen LogP contribution in [0.5, 0.6) is 11.5 Å². The fraction of sp³-hybridized carbons (Fsp3) is 0.190. The molecule has 0 saturated carbocycles. The third-order valence-corrected chi connectivity index (χ3v) is 7.36. The Bertz CT molecular complexity index is 1080. The first-order chi connectivity index (χ1) is 14.4. The largest absolute Gasteiger partial charge is 0.497 e. The van der Waals surface area contributed by atoms with Crippen LogP contribution in [0.25, 0.3) is 0 Å². The average Bonchev–Trinajstić information content (AvgIpc) is 3.32. The quantitative estimate of drug-likeness (QED) is 0.465. The van der Waals surface area contributed by atoms with E-state index < -0.39 is 16.0 Å². The maximum atomic E-state index is 12.6. The molecule has 0 N–H and O–H groups in total. The van der Waals surface area contributed by atoms with Crippen LogP contribution in [0.15, 0.2) is 70.3 Å². The molecular weight excluding hydrogens is 426 g/mol. The maximum absolute atomic E-state index is 12.6. The molecule has 7 nitrogen and oxygen atoms in total. The first-order valence-electron chi connectivity index (χ1n) is 8.94. The molecule has 0 unspecified atom stereocenters. The standard InChI is InChI=1S/C21H21NO6S2/c1-22(30(24,25)21-7-4-12-29-21)17-8-10-18(11-9-17)27-15-20(23)28-14-16-5-3-6-19(13-16)26-2/h3-13H,14-15H2,1-2H3. The Labute approximate surface area is 179 Å². The van der Waals surface area contributed by atoms with E-state index in [0.29, 0.717) is 17.2 Å². The highest BCUT2D eigenvalue weighted by atomic mass is 32.2. The van der Waals surface area contributed by atoms with Crippen LogP contribution in [0.1, 0.15) is 5.56 Å². The molecule has 3 aromatic rings. The van der Waals surface area contributed by atoms with Gasteiger partial charge in [0.15, 0.2) is 6.61 Å². The number of benzene rings is 2. The van der Waals surface area contributed by atoms with Crippen molar-refractivity contribution in [2.75, 3.05) is 25.1 Å². The molecule has 2 aromatic carbocycles. The molecule has 0 aliphatic heterocycles. The first kappa shape index (κ1) is 21.7. The summed E-state index contributed by atoms with van der Waals surface area (Å²) in [4.78, 5) is 11.9. The predicted octanol–water partition coefficient (Wildman–Crippen LogP) is 3.70. The van der Waals surface area contributed by atoms with Gasteiger partial charge in [-0.3, -0.25) is 4.31 Å². The summed E-state index contributed by atoms with van der Waals surface area (Å²) in [7, 11) is -0.542. The molecule has 0 spiro atoms. The van der Waals surface area contributed by atoms with E-state index in [2.05, 4.69) is 0 Å². The number of sulfonamides is 1. The molecule has 9 heteroatoms. The Kier molecular flexibility index (Phi) is 6.96. The molecule has 158 valence electrons. The van der Waals surface area contributed by atoms with E-state index in [4.69, 9.17) is 14.2 Å². The number of ether oxygens (including phenoxy) is 3. The van der Waals surface area contributed by atoms with E-state index in [-0.39, 0.29) is 17.4 Å². The normalized spacial score (nSPS) is 11.0. The zero-order chi connectivity index (χ0) is 21.6. The van der Waals surface area contributed by atoms with Gasteiger partial charge >= 0.3 is 5.97 Å². The summed E-state index contributed by atoms with van der Waals surface area (Å²) in [5, 5.41) is 1.71. The molecule has 0 aliphatic carbocycles. The molecule has 0 fully saturated rings. The second kappa shape index (κ2) is 9.64. The number of esters is 1. The summed E-state index contributed by atoms with van der Waals surface area (Å²) in [6, 6.07) is 16.9. The molecule has 0 bridgehead atoms. The van der Waals surface area contributed by atoms with Gasteiger partial charge < -0.3 is 14.2 Å². The van der Waals surface area contributed by atoms with Gasteiger partial charge in [0.05, 0.1) is 12.8 Å². The van der Waals surface area contributed by atoms with Gasteiger partial charge in [-0.1, -0.05) is 18.2 Å². The molecule has 0 amide bonds. The number of carbonyl (C=O) groups is 1. The molecular formula is C21H21NO6S2. The third kappa shape index (κ3) is 5.31. The zero-order valence-electron chi connectivity index (χ0n) is 16.5. The van der Waals surface area contributed by atoms with E-state index in [1.165, 1.54) is 11.4 Å². The minimum absolute atomic E-state index is 0.115. The lowest BCUT2D eigenvalue weighted by atomic mass is 10.2. The molecule has 3 rings (SSSR count). The van der Waals surface area contributed by atoms with Gasteiger partial charge in [-0.05, 0) is 53.4 Å². The zero-order valence-corrected chi connectivity index (χ0v) is 18.1. The summed E-state index contributed by atoms with van der Waals surface area (Å²) in [5.74, 6) is 0.601. The van der Waals surface area contributed by atoms with Gasteiger partial charge in [-0.15, -0.1) is 11.3 Å². The van der Waals surface area contributed by atoms with Gasteiger partial charge in [-0.25, -0.2) is 13.2 Å². The lowest BCUT2D eigenvalue weighted by Gasteiger charge is -2.18. The van der Waals surface area contributed by atoms with Crippen molar-refractivity contribution in [2.24, 2.45) is 0 Å². The van der Waals surface area contributed by atoms with Crippen molar-refractivity contribution in [3.63, 3.8) is 0 Å². The number of hydrogen-bond acceptors (Lipinski definition) is 7. The van der Waals surface area contributed by atoms with Crippen molar-refractivity contribution in [1.29, 1.82) is 0 Å². The van der Waals surface area contributed by atoms with Crippen molar-refractivity contribution < 1.29 is 27.4 Å². The van der Waals surface area contributed by atoms with Gasteiger partial charge in [-0.2, -0.15) is 0 Å². The number of nitrogens with zero attached hydrogens (tertiary/aromatic N) is 1. The lowest BCUT2D eigenvalue weighted by Crippen LogP contribution is -2.25. The summed E-state index contributed by atoms with van der Waals surface area (Å²) in [6.45, 7) is -0.143. The van der Waals surface area contributed by atoms with Crippen LogP contribution in [-0.4, -0.2) is 35.2 Å². The minimum Gasteiger partial charge on any atom is -0.497 e. The third-order valence-electron chi connectivity index (χ3n) is 4.20. The molecule has 0 radical (unpaired) electrons. The fourth-order valence-corrected chi connectivity index (χ4v) is 4.90. The van der Waals surface area contributed by atoms with Crippen molar-refractivity contribution in [3.05, 3.63) is 71.6 Å². The van der Waals surface area contributed by atoms with Crippen LogP contribution in [0.4, 0.5) is 5.69 Å². The van der Waals surface area contributed by atoms with Crippen LogP contribution < -0.4 is 13.8 Å². The van der Waals surface area contributed by atoms with E-state index in [9.17, 15) is 13.2 Å². The first-order valence-corrected chi connectivity index (χ1v) is 11.3. The van der Waals surface area contributed by atoms with Crippen LogP contribution in [0.3, 0.4) is 0 Å². The van der Waals surface area contributed by atoms with Crippen LogP contribution in [0, 0.1) is 0 Å². The Morgan fingerprint density at radius 2 is 1.80 bits per heavy atom. The SMILES string of the molecule is COc1cccc(COC(=O)COc2ccc(N(C)S(=O)(=O)c3cccs3)cc2)c1. The monoisotopic (exact) mass is 447 g/mol. The second-order valence-corrected chi connectivity index (χ2v) is 9.34. The minimum atomic E-state index is -3.60. The lowest BCUT2D eigenvalue weighted by molar-refractivity contribution is -0.147. The number of rotatable bonds is 9. The molecule has 1 aromatic heterocycles. The number of thiophene rings is 1. The van der Waals surface area contributed by atoms with Crippen molar-refractivity contribution >= 4 is 33.0 Å². The summed E-state index contributed by atoms with van der Waals surface area (Å²) >= 11 is 1.16. The molecule has 30 heavy (non-hydrogen) atoms. The fourth-order valence-electron chi connectivity index (χ4n) is 2.55. The van der Waals surface area contributed by atoms with Gasteiger partial charge in [0.1, 0.15) is 22.3 Å². The van der Waals surface area contributed by atoms with Crippen molar-refractivity contribution in [1.82, 2.24) is 0 Å². The highest BCUT2D eigenvalue weighted by Gasteiger charge is 2.22. The van der Waals surface area contributed by atoms with Gasteiger partial charge in [0.2, 0.25) is 0 Å². The van der Waals surface area contributed by atoms with Crippen LogP contribution >= 0.6 is 11.3 Å². The Hall–Kier alpha value is -3.04. The summed E-state index contributed by atoms with van der Waals surface area (Å²) in [6.07, 6.45) is 0. The van der Waals surface area contributed by atoms with E-state index in [0.717, 1.165) is 16.9 Å². The Morgan fingerprint density at radius 3 is 2.47 bits per heavy atom. The van der Waals surface area contributed by atoms with E-state index in [1.807, 2.05) is 12.1 Å². The van der Waals surface area contributed by atoms with Crippen LogP contribution in [0.2, 0.25) is 0 Å². The smallest absolute Gasteiger partial charge is 0.344 e. The van der Waals surface area contributed by atoms with Gasteiger partial charge in [0.25, 0.3) is 10.0 Å². The Morgan fingerprint density at radius 1 is 1.03 bits per heavy atom. The highest BCUT2D eigenvalue weighted by molar-refractivity contribution is 7.94. The highest BCUT2D eigenvalue weighted by Crippen LogP contribution is 2.26. The molecule has 0 aliphatic rings. The second-order valence-electron chi connectivity index (χ2n) is 6.20.